The van der Waals surface area contributed by atoms with Gasteiger partial charge in [-0.2, -0.15) is 0 Å². The van der Waals surface area contributed by atoms with Crippen LogP contribution in [-0.2, 0) is 4.79 Å². The van der Waals surface area contributed by atoms with Crippen LogP contribution in [0.15, 0.2) is 52.0 Å². The Bertz CT molecular complexity index is 670. The molecular weight excluding hydrogens is 442 g/mol. The van der Waals surface area contributed by atoms with Crippen LogP contribution in [0.4, 0.5) is 0 Å². The van der Waals surface area contributed by atoms with Gasteiger partial charge < -0.3 is 5.32 Å². The van der Waals surface area contributed by atoms with E-state index in [1.807, 2.05) is 25.2 Å². The molecule has 1 aliphatic rings. The summed E-state index contributed by atoms with van der Waals surface area (Å²) < 4.78 is 0.943. The average molecular weight is 467 g/mol. The number of rotatable bonds is 7. The number of carbonyl (C=O) groups is 1. The van der Waals surface area contributed by atoms with Crippen LogP contribution in [0.3, 0.4) is 0 Å². The number of hydrogen-bond acceptors (Lipinski definition) is 1. The molecule has 0 aromatic heterocycles. The summed E-state index contributed by atoms with van der Waals surface area (Å²) in [6, 6.07) is 8.86. The Kier molecular flexibility index (Phi) is 7.70. The molecule has 2 rings (SSSR count). The van der Waals surface area contributed by atoms with E-state index in [1.54, 1.807) is 6.08 Å². The zero-order valence-electron chi connectivity index (χ0n) is 14.9. The second kappa shape index (κ2) is 9.54. The molecule has 0 bridgehead atoms. The normalized spacial score (nSPS) is 20.9. The number of hydrogen-bond donors (Lipinski definition) is 1. The van der Waals surface area contributed by atoms with E-state index < -0.39 is 0 Å². The second-order valence-electron chi connectivity index (χ2n) is 6.89. The lowest BCUT2D eigenvalue weighted by Crippen LogP contribution is -2.34. The molecule has 1 fully saturated rings. The lowest BCUT2D eigenvalue weighted by Gasteiger charge is -2.15. The van der Waals surface area contributed by atoms with Gasteiger partial charge in [0.2, 0.25) is 5.91 Å². The van der Waals surface area contributed by atoms with Gasteiger partial charge >= 0.3 is 0 Å². The fourth-order valence-corrected chi connectivity index (χ4v) is 3.09. The number of amides is 1. The second-order valence-corrected chi connectivity index (χ2v) is 9.66. The standard InChI is InChI=1S/C21H25Br2NO/c1-14(2)15(3)24-21(25)7-5-4-6-18-13-19(18)17-10-8-16(9-11-17)12-20(22)23/h4-12,14-15,18-19H,13H2,1-3H3,(H,24,25). The lowest BCUT2D eigenvalue weighted by molar-refractivity contribution is -0.117. The number of carbonyl (C=O) groups excluding carboxylic acids is 1. The molecule has 0 spiro atoms. The number of benzene rings is 1. The van der Waals surface area contributed by atoms with E-state index in [4.69, 9.17) is 0 Å². The summed E-state index contributed by atoms with van der Waals surface area (Å²) in [6.45, 7) is 6.23. The Morgan fingerprint density at radius 2 is 1.84 bits per heavy atom. The molecule has 3 unspecified atom stereocenters. The highest BCUT2D eigenvalue weighted by Crippen LogP contribution is 2.48. The summed E-state index contributed by atoms with van der Waals surface area (Å²) >= 11 is 6.76. The predicted molar refractivity (Wildman–Crippen MR) is 114 cm³/mol. The van der Waals surface area contributed by atoms with Crippen molar-refractivity contribution in [3.63, 3.8) is 0 Å². The smallest absolute Gasteiger partial charge is 0.244 e. The number of allylic oxidation sites excluding steroid dienone is 3. The van der Waals surface area contributed by atoms with Crippen molar-refractivity contribution in [3.05, 3.63) is 63.1 Å². The van der Waals surface area contributed by atoms with Gasteiger partial charge in [-0.25, -0.2) is 0 Å². The summed E-state index contributed by atoms with van der Waals surface area (Å²) in [6.07, 6.45) is 10.8. The summed E-state index contributed by atoms with van der Waals surface area (Å²) in [5, 5.41) is 2.97. The molecular formula is C21H25Br2NO. The molecule has 1 N–H and O–H groups in total. The van der Waals surface area contributed by atoms with Crippen molar-refractivity contribution < 1.29 is 4.79 Å². The molecule has 0 saturated heterocycles. The van der Waals surface area contributed by atoms with Gasteiger partial charge in [-0.15, -0.1) is 0 Å². The van der Waals surface area contributed by atoms with E-state index >= 15 is 0 Å². The van der Waals surface area contributed by atoms with E-state index in [1.165, 1.54) is 17.5 Å². The van der Waals surface area contributed by atoms with Gasteiger partial charge in [0.1, 0.15) is 0 Å². The average Bonchev–Trinajstić information content (AvgIpc) is 3.31. The molecule has 0 aliphatic heterocycles. The maximum atomic E-state index is 11.8. The lowest BCUT2D eigenvalue weighted by atomic mass is 10.1. The van der Waals surface area contributed by atoms with Crippen LogP contribution in [0.2, 0.25) is 0 Å². The molecule has 1 aromatic rings. The number of nitrogens with one attached hydrogen (secondary N) is 1. The van der Waals surface area contributed by atoms with Crippen molar-refractivity contribution in [2.24, 2.45) is 11.8 Å². The highest BCUT2D eigenvalue weighted by atomic mass is 79.9. The Labute approximate surface area is 167 Å². The van der Waals surface area contributed by atoms with E-state index in [-0.39, 0.29) is 11.9 Å². The Morgan fingerprint density at radius 3 is 2.44 bits per heavy atom. The quantitative estimate of drug-likeness (QED) is 0.378. The zero-order valence-corrected chi connectivity index (χ0v) is 18.0. The van der Waals surface area contributed by atoms with Crippen molar-refractivity contribution in [2.75, 3.05) is 0 Å². The van der Waals surface area contributed by atoms with Crippen molar-refractivity contribution >= 4 is 43.8 Å². The molecule has 4 heteroatoms. The summed E-state index contributed by atoms with van der Waals surface area (Å²) in [5.74, 6) is 1.59. The Hall–Kier alpha value is -1.13. The van der Waals surface area contributed by atoms with Crippen LogP contribution in [-0.4, -0.2) is 11.9 Å². The molecule has 3 atom stereocenters. The van der Waals surface area contributed by atoms with Crippen LogP contribution in [0.25, 0.3) is 6.08 Å². The molecule has 1 saturated carbocycles. The van der Waals surface area contributed by atoms with E-state index in [0.29, 0.717) is 17.8 Å². The van der Waals surface area contributed by atoms with Gasteiger partial charge in [-0.3, -0.25) is 4.79 Å². The molecule has 25 heavy (non-hydrogen) atoms. The molecule has 2 nitrogen and oxygen atoms in total. The molecule has 0 heterocycles. The Morgan fingerprint density at radius 1 is 1.16 bits per heavy atom. The highest BCUT2D eigenvalue weighted by molar-refractivity contribution is 9.28. The third-order valence-electron chi connectivity index (χ3n) is 4.57. The predicted octanol–water partition coefficient (Wildman–Crippen LogP) is 6.15. The molecule has 1 amide bonds. The van der Waals surface area contributed by atoms with E-state index in [2.05, 4.69) is 81.4 Å². The van der Waals surface area contributed by atoms with Crippen molar-refractivity contribution in [1.29, 1.82) is 0 Å². The number of halogens is 2. The van der Waals surface area contributed by atoms with Gasteiger partial charge in [0.25, 0.3) is 0 Å². The Balaban J connectivity index is 1.80. The van der Waals surface area contributed by atoms with Gasteiger partial charge in [-0.1, -0.05) is 56.3 Å². The van der Waals surface area contributed by atoms with Crippen molar-refractivity contribution in [3.8, 4) is 0 Å². The summed E-state index contributed by atoms with van der Waals surface area (Å²) in [5.41, 5.74) is 2.55. The van der Waals surface area contributed by atoms with Crippen LogP contribution < -0.4 is 5.32 Å². The van der Waals surface area contributed by atoms with Crippen LogP contribution in [0.5, 0.6) is 0 Å². The maximum absolute atomic E-state index is 11.8. The molecule has 1 aromatic carbocycles. The van der Waals surface area contributed by atoms with E-state index in [9.17, 15) is 4.79 Å². The van der Waals surface area contributed by atoms with Crippen LogP contribution in [0.1, 0.15) is 44.2 Å². The van der Waals surface area contributed by atoms with Crippen molar-refractivity contribution in [2.45, 2.75) is 39.2 Å². The van der Waals surface area contributed by atoms with Gasteiger partial charge in [0.05, 0.1) is 3.39 Å². The third-order valence-corrected chi connectivity index (χ3v) is 5.02. The third kappa shape index (κ3) is 6.95. The largest absolute Gasteiger partial charge is 0.350 e. The first kappa shape index (κ1) is 20.2. The summed E-state index contributed by atoms with van der Waals surface area (Å²) in [4.78, 5) is 11.8. The molecule has 0 radical (unpaired) electrons. The molecule has 134 valence electrons. The van der Waals surface area contributed by atoms with Crippen LogP contribution in [0, 0.1) is 11.8 Å². The highest BCUT2D eigenvalue weighted by Gasteiger charge is 2.35. The fourth-order valence-electron chi connectivity index (χ4n) is 2.57. The van der Waals surface area contributed by atoms with E-state index in [0.717, 1.165) is 3.39 Å². The summed E-state index contributed by atoms with van der Waals surface area (Å²) in [7, 11) is 0. The first-order valence-corrected chi connectivity index (χ1v) is 10.2. The SMILES string of the molecule is CC(C)C(C)NC(=O)C=CC=CC1CC1c1ccc(C=C(Br)Br)cc1. The maximum Gasteiger partial charge on any atom is 0.244 e. The topological polar surface area (TPSA) is 29.1 Å². The molecule has 1 aliphatic carbocycles. The fraction of sp³-hybridized carbons (Fsp3) is 0.381. The monoisotopic (exact) mass is 465 g/mol. The first-order chi connectivity index (χ1) is 11.9. The minimum absolute atomic E-state index is 0.0280. The van der Waals surface area contributed by atoms with Crippen molar-refractivity contribution in [1.82, 2.24) is 5.32 Å². The zero-order chi connectivity index (χ0) is 18.4. The van der Waals surface area contributed by atoms with Gasteiger partial charge in [-0.05, 0) is 80.2 Å². The van der Waals surface area contributed by atoms with Gasteiger partial charge in [0.15, 0.2) is 0 Å². The van der Waals surface area contributed by atoms with Crippen LogP contribution >= 0.6 is 31.9 Å². The minimum atomic E-state index is -0.0280. The first-order valence-electron chi connectivity index (χ1n) is 8.65. The van der Waals surface area contributed by atoms with Gasteiger partial charge in [0, 0.05) is 12.1 Å². The minimum Gasteiger partial charge on any atom is -0.350 e.